The van der Waals surface area contributed by atoms with Crippen molar-refractivity contribution in [2.45, 2.75) is 5.03 Å². The van der Waals surface area contributed by atoms with Gasteiger partial charge in [0, 0.05) is 0 Å². The second-order valence-corrected chi connectivity index (χ2v) is 2.52. The Labute approximate surface area is 68.1 Å². The minimum Gasteiger partial charge on any atom is -0.394 e. The van der Waals surface area contributed by atoms with Gasteiger partial charge >= 0.3 is 0 Å². The summed E-state index contributed by atoms with van der Waals surface area (Å²) in [6, 6.07) is 0. The number of nitrogen functional groups attached to an aromatic ring is 2. The summed E-state index contributed by atoms with van der Waals surface area (Å²) >= 11 is 8.71. The van der Waals surface area contributed by atoms with Crippen molar-refractivity contribution in [3.63, 3.8) is 0 Å². The number of hydrogen-bond donors (Lipinski definition) is 4. The predicted octanol–water partition coefficient (Wildman–Crippen LogP) is 0.592. The lowest BCUT2D eigenvalue weighted by Gasteiger charge is -1.98. The van der Waals surface area contributed by atoms with Gasteiger partial charge in [0.25, 0.3) is 0 Å². The molecule has 0 amide bonds. The molecule has 1 rings (SSSR count). The molecule has 0 radical (unpaired) electrons. The third-order valence-corrected chi connectivity index (χ3v) is 1.62. The number of aromatic amines is 1. The third-order valence-electron chi connectivity index (χ3n) is 0.953. The van der Waals surface area contributed by atoms with E-state index in [9.17, 15) is 0 Å². The van der Waals surface area contributed by atoms with Gasteiger partial charge in [-0.3, -0.25) is 0 Å². The number of H-pyrrole nitrogens is 1. The Morgan fingerprint density at radius 2 is 2.10 bits per heavy atom. The standard InChI is InChI=1S/C4H6N4S2/c5-1-2(9)7-4(6)8-3(1)10/h5H2,(H4,6,7,8,9,10). The first kappa shape index (κ1) is 7.36. The molecule has 0 unspecified atom stereocenters. The van der Waals surface area contributed by atoms with Crippen LogP contribution in [0.1, 0.15) is 0 Å². The van der Waals surface area contributed by atoms with Crippen LogP contribution in [0.15, 0.2) is 5.03 Å². The number of nitrogens with one attached hydrogen (secondary N) is 1. The minimum absolute atomic E-state index is 0.226. The van der Waals surface area contributed by atoms with Crippen LogP contribution >= 0.6 is 24.8 Å². The van der Waals surface area contributed by atoms with Gasteiger partial charge in [-0.15, -0.1) is 12.6 Å². The van der Waals surface area contributed by atoms with Gasteiger partial charge < -0.3 is 16.5 Å². The van der Waals surface area contributed by atoms with Crippen LogP contribution < -0.4 is 11.5 Å². The number of nitrogens with two attached hydrogens (primary N) is 2. The zero-order valence-electron chi connectivity index (χ0n) is 4.96. The topological polar surface area (TPSA) is 80.7 Å². The summed E-state index contributed by atoms with van der Waals surface area (Å²) in [5.41, 5.74) is 11.1. The average molecular weight is 174 g/mol. The van der Waals surface area contributed by atoms with Gasteiger partial charge in [0.15, 0.2) is 5.95 Å². The van der Waals surface area contributed by atoms with Crippen LogP contribution in [0, 0.1) is 4.64 Å². The first-order valence-corrected chi connectivity index (χ1v) is 3.31. The summed E-state index contributed by atoms with van der Waals surface area (Å²) in [5, 5.41) is 0.362. The highest BCUT2D eigenvalue weighted by Crippen LogP contribution is 2.13. The molecule has 0 spiro atoms. The van der Waals surface area contributed by atoms with Crippen LogP contribution in [-0.2, 0) is 0 Å². The van der Waals surface area contributed by atoms with Crippen molar-refractivity contribution in [1.29, 1.82) is 0 Å². The maximum Gasteiger partial charge on any atom is 0.199 e. The highest BCUT2D eigenvalue weighted by molar-refractivity contribution is 7.80. The highest BCUT2D eigenvalue weighted by atomic mass is 32.1. The molecular formula is C4H6N4S2. The molecule has 54 valence electrons. The van der Waals surface area contributed by atoms with E-state index in [1.165, 1.54) is 0 Å². The molecule has 5 N–H and O–H groups in total. The summed E-state index contributed by atoms with van der Waals surface area (Å²) in [6.45, 7) is 0. The zero-order valence-corrected chi connectivity index (χ0v) is 6.67. The monoisotopic (exact) mass is 174 g/mol. The molecule has 0 aromatic carbocycles. The molecule has 0 aliphatic carbocycles. The lowest BCUT2D eigenvalue weighted by Crippen LogP contribution is -1.99. The Morgan fingerprint density at radius 3 is 2.60 bits per heavy atom. The van der Waals surface area contributed by atoms with Gasteiger partial charge in [0.1, 0.15) is 9.67 Å². The van der Waals surface area contributed by atoms with Crippen molar-refractivity contribution in [1.82, 2.24) is 9.97 Å². The lowest BCUT2D eigenvalue weighted by atomic mass is 10.6. The van der Waals surface area contributed by atoms with Crippen molar-refractivity contribution in [3.8, 4) is 0 Å². The molecule has 6 heteroatoms. The van der Waals surface area contributed by atoms with E-state index < -0.39 is 0 Å². The number of aromatic nitrogens is 2. The lowest BCUT2D eigenvalue weighted by molar-refractivity contribution is 1.07. The average Bonchev–Trinajstić information content (AvgIpc) is 1.82. The van der Waals surface area contributed by atoms with Crippen LogP contribution in [0.2, 0.25) is 0 Å². The van der Waals surface area contributed by atoms with E-state index in [4.69, 9.17) is 23.7 Å². The summed E-state index contributed by atoms with van der Waals surface area (Å²) in [6.07, 6.45) is 0. The smallest absolute Gasteiger partial charge is 0.199 e. The Balaban J connectivity index is 3.46. The normalized spacial score (nSPS) is 9.70. The second kappa shape index (κ2) is 2.47. The zero-order chi connectivity index (χ0) is 7.72. The van der Waals surface area contributed by atoms with Crippen LogP contribution in [0.3, 0.4) is 0 Å². The van der Waals surface area contributed by atoms with Crippen molar-refractivity contribution in [2.75, 3.05) is 11.5 Å². The Morgan fingerprint density at radius 1 is 1.50 bits per heavy atom. The first-order chi connectivity index (χ1) is 4.61. The number of hydrogen-bond acceptors (Lipinski definition) is 5. The molecule has 0 saturated carbocycles. The maximum atomic E-state index is 5.42. The summed E-state index contributed by atoms with van der Waals surface area (Å²) < 4.78 is 0.373. The number of anilines is 2. The van der Waals surface area contributed by atoms with E-state index in [2.05, 4.69) is 22.6 Å². The van der Waals surface area contributed by atoms with Crippen LogP contribution in [-0.4, -0.2) is 9.97 Å². The summed E-state index contributed by atoms with van der Waals surface area (Å²) in [7, 11) is 0. The summed E-state index contributed by atoms with van der Waals surface area (Å²) in [4.78, 5) is 6.32. The van der Waals surface area contributed by atoms with Crippen molar-refractivity contribution < 1.29 is 0 Å². The largest absolute Gasteiger partial charge is 0.394 e. The number of rotatable bonds is 0. The molecule has 0 saturated heterocycles. The second-order valence-electron chi connectivity index (χ2n) is 1.69. The Bertz CT molecular complexity index is 305. The predicted molar refractivity (Wildman–Crippen MR) is 45.5 cm³/mol. The quantitative estimate of drug-likeness (QED) is 0.264. The Hall–Kier alpha value is -0.750. The molecule has 0 atom stereocenters. The van der Waals surface area contributed by atoms with Gasteiger partial charge in [-0.05, 0) is 0 Å². The van der Waals surface area contributed by atoms with Crippen molar-refractivity contribution >= 4 is 36.5 Å². The molecular weight excluding hydrogens is 168 g/mol. The number of nitrogens with zero attached hydrogens (tertiary/aromatic N) is 1. The maximum absolute atomic E-state index is 5.42. The molecule has 1 aromatic rings. The SMILES string of the molecule is Nc1nc(S)c(N)c(=S)[nH]1. The highest BCUT2D eigenvalue weighted by Gasteiger charge is 1.97. The molecule has 0 aliphatic rings. The molecule has 4 nitrogen and oxygen atoms in total. The fourth-order valence-corrected chi connectivity index (χ4v) is 0.984. The van der Waals surface area contributed by atoms with E-state index in [-0.39, 0.29) is 5.95 Å². The van der Waals surface area contributed by atoms with Gasteiger partial charge in [0.2, 0.25) is 0 Å². The minimum atomic E-state index is 0.226. The molecule has 1 aromatic heterocycles. The van der Waals surface area contributed by atoms with Crippen LogP contribution in [0.5, 0.6) is 0 Å². The molecule has 1 heterocycles. The van der Waals surface area contributed by atoms with Crippen LogP contribution in [0.4, 0.5) is 11.6 Å². The van der Waals surface area contributed by atoms with Gasteiger partial charge in [-0.25, -0.2) is 4.98 Å². The van der Waals surface area contributed by atoms with E-state index in [1.807, 2.05) is 0 Å². The number of thiol groups is 1. The third kappa shape index (κ3) is 1.22. The van der Waals surface area contributed by atoms with E-state index in [1.54, 1.807) is 0 Å². The molecule has 0 bridgehead atoms. The van der Waals surface area contributed by atoms with Crippen molar-refractivity contribution in [3.05, 3.63) is 4.64 Å². The fourth-order valence-electron chi connectivity index (χ4n) is 0.487. The fraction of sp³-hybridized carbons (Fsp3) is 0. The Kier molecular flexibility index (Phi) is 1.82. The van der Waals surface area contributed by atoms with E-state index in [0.717, 1.165) is 0 Å². The van der Waals surface area contributed by atoms with Crippen molar-refractivity contribution in [2.24, 2.45) is 0 Å². The van der Waals surface area contributed by atoms with Gasteiger partial charge in [-0.2, -0.15) is 0 Å². The molecule has 0 aliphatic heterocycles. The van der Waals surface area contributed by atoms with Gasteiger partial charge in [-0.1, -0.05) is 12.2 Å². The van der Waals surface area contributed by atoms with Gasteiger partial charge in [0.05, 0.1) is 5.69 Å². The summed E-state index contributed by atoms with van der Waals surface area (Å²) in [5.74, 6) is 0.226. The molecule has 0 fully saturated rings. The molecule has 10 heavy (non-hydrogen) atoms. The van der Waals surface area contributed by atoms with E-state index in [0.29, 0.717) is 15.4 Å². The van der Waals surface area contributed by atoms with E-state index >= 15 is 0 Å². The first-order valence-electron chi connectivity index (χ1n) is 2.45. The van der Waals surface area contributed by atoms with Crippen LogP contribution in [0.25, 0.3) is 0 Å².